The molecule has 6 nitrogen and oxygen atoms in total. The first-order valence-electron chi connectivity index (χ1n) is 11.7. The number of aromatic nitrogens is 1. The second-order valence-electron chi connectivity index (χ2n) is 11.1. The van der Waals surface area contributed by atoms with Gasteiger partial charge in [-0.15, -0.1) is 11.3 Å². The molecule has 3 rings (SSSR count). The molecule has 36 heavy (non-hydrogen) atoms. The zero-order valence-corrected chi connectivity index (χ0v) is 24.3. The summed E-state index contributed by atoms with van der Waals surface area (Å²) in [7, 11) is 0. The number of rotatable bonds is 5. The minimum Gasteiger partial charge on any atom is -0.506 e. The van der Waals surface area contributed by atoms with E-state index in [1.54, 1.807) is 12.1 Å². The third-order valence-electron chi connectivity index (χ3n) is 4.82. The normalized spacial score (nSPS) is 12.4. The summed E-state index contributed by atoms with van der Waals surface area (Å²) >= 11 is 13.0. The third kappa shape index (κ3) is 9.91. The highest BCUT2D eigenvalue weighted by atomic mass is 35.5. The Morgan fingerprint density at radius 1 is 1.17 bits per heavy atom. The Hall–Kier alpha value is -2.42. The van der Waals surface area contributed by atoms with E-state index in [4.69, 9.17) is 28.9 Å². The van der Waals surface area contributed by atoms with Crippen LogP contribution in [0.15, 0.2) is 36.4 Å². The minimum atomic E-state index is -0.693. The number of thiazole rings is 1. The van der Waals surface area contributed by atoms with Gasteiger partial charge in [-0.1, -0.05) is 51.4 Å². The predicted octanol–water partition coefficient (Wildman–Crippen LogP) is 7.94. The molecule has 0 saturated carbocycles. The zero-order chi connectivity index (χ0) is 27.3. The lowest BCUT2D eigenvalue weighted by Gasteiger charge is -2.23. The van der Waals surface area contributed by atoms with Crippen LogP contribution in [0.1, 0.15) is 61.3 Å². The van der Waals surface area contributed by atoms with E-state index in [9.17, 15) is 9.90 Å². The van der Waals surface area contributed by atoms with Crippen molar-refractivity contribution in [2.45, 2.75) is 66.8 Å². The second-order valence-corrected chi connectivity index (χ2v) is 13.0. The number of hydrogen-bond donors (Lipinski definition) is 4. The molecular weight excluding hydrogens is 514 g/mol. The van der Waals surface area contributed by atoms with Gasteiger partial charge in [0.15, 0.2) is 5.11 Å². The van der Waals surface area contributed by atoms with Gasteiger partial charge < -0.3 is 20.8 Å². The molecule has 0 fully saturated rings. The van der Waals surface area contributed by atoms with E-state index in [-0.39, 0.29) is 34.1 Å². The maximum Gasteiger partial charge on any atom is 0.303 e. The third-order valence-corrected chi connectivity index (χ3v) is 6.38. The minimum absolute atomic E-state index is 0.0148. The largest absolute Gasteiger partial charge is 0.506 e. The van der Waals surface area contributed by atoms with Crippen molar-refractivity contribution >= 4 is 62.1 Å². The first-order chi connectivity index (χ1) is 16.5. The van der Waals surface area contributed by atoms with Crippen LogP contribution in [0.4, 0.5) is 5.69 Å². The summed E-state index contributed by atoms with van der Waals surface area (Å²) in [5.74, 6) is -0.393. The number of carbonyl (C=O) groups is 1. The van der Waals surface area contributed by atoms with Crippen molar-refractivity contribution in [3.63, 3.8) is 0 Å². The highest BCUT2D eigenvalue weighted by Gasteiger charge is 2.18. The Bertz CT molecular complexity index is 1180. The van der Waals surface area contributed by atoms with Crippen LogP contribution in [0.3, 0.4) is 0 Å². The molecule has 1 heterocycles. The van der Waals surface area contributed by atoms with E-state index in [0.29, 0.717) is 21.4 Å². The molecule has 196 valence electrons. The fraction of sp³-hybridized carbons (Fsp3) is 0.444. The van der Waals surface area contributed by atoms with E-state index >= 15 is 0 Å². The second kappa shape index (κ2) is 12.2. The summed E-state index contributed by atoms with van der Waals surface area (Å²) in [6.45, 7) is 14.5. The number of halogens is 1. The van der Waals surface area contributed by atoms with Crippen LogP contribution in [0.2, 0.25) is 5.02 Å². The number of phenolic OH excluding ortho intramolecular Hbond substituents is 1. The first kappa shape index (κ1) is 29.8. The molecule has 3 aromatic rings. The summed E-state index contributed by atoms with van der Waals surface area (Å²) in [6, 6.07) is 11.3. The number of aliphatic carboxylic acids is 1. The standard InChI is InChI=1S/C18H18ClN3OS2.C9H18O2/c1-18(2,3)22-17(24)20-10-8-11(15(23)12(19)9-10)16-21-13-6-4-5-7-14(13)25-16;1-7(5-8(10)11)6-9(2,3)4/h4-9,23H,1-3H3,(H2,20,22,24);7H,5-6H2,1-4H3,(H,10,11). The molecule has 0 aliphatic heterocycles. The van der Waals surface area contributed by atoms with Crippen LogP contribution >= 0.6 is 35.2 Å². The molecule has 1 atom stereocenters. The van der Waals surface area contributed by atoms with Gasteiger partial charge in [0, 0.05) is 17.6 Å². The quantitative estimate of drug-likeness (QED) is 0.189. The fourth-order valence-corrected chi connectivity index (χ4v) is 5.37. The smallest absolute Gasteiger partial charge is 0.303 e. The maximum absolute atomic E-state index is 10.4. The average molecular weight is 550 g/mol. The Labute approximate surface area is 228 Å². The summed E-state index contributed by atoms with van der Waals surface area (Å²) in [6.07, 6.45) is 1.26. The Balaban J connectivity index is 0.000000352. The molecule has 4 N–H and O–H groups in total. The van der Waals surface area contributed by atoms with Crippen LogP contribution in [0.5, 0.6) is 5.75 Å². The summed E-state index contributed by atoms with van der Waals surface area (Å²) < 4.78 is 1.05. The molecule has 0 spiro atoms. The number of aromatic hydroxyl groups is 1. The number of carboxylic acids is 1. The van der Waals surface area contributed by atoms with Crippen molar-refractivity contribution in [3.8, 4) is 16.3 Å². The Kier molecular flexibility index (Phi) is 10.1. The SMILES string of the molecule is CC(C)(C)NC(=S)Nc1cc(Cl)c(O)c(-c2nc3ccccc3s2)c1.CC(CC(=O)O)CC(C)(C)C. The van der Waals surface area contributed by atoms with Crippen molar-refractivity contribution in [3.05, 3.63) is 41.4 Å². The number of hydrogen-bond acceptors (Lipinski definition) is 5. The van der Waals surface area contributed by atoms with E-state index in [0.717, 1.165) is 16.6 Å². The number of para-hydroxylation sites is 1. The van der Waals surface area contributed by atoms with E-state index in [1.807, 2.05) is 52.0 Å². The molecule has 1 aromatic heterocycles. The van der Waals surface area contributed by atoms with E-state index < -0.39 is 5.97 Å². The molecule has 1 unspecified atom stereocenters. The molecule has 9 heteroatoms. The maximum atomic E-state index is 10.4. The van der Waals surface area contributed by atoms with Crippen LogP contribution in [-0.4, -0.2) is 31.8 Å². The van der Waals surface area contributed by atoms with E-state index in [1.165, 1.54) is 11.3 Å². The number of phenols is 1. The molecular formula is C27H36ClN3O3S2. The lowest BCUT2D eigenvalue weighted by atomic mass is 9.84. The first-order valence-corrected chi connectivity index (χ1v) is 13.3. The van der Waals surface area contributed by atoms with E-state index in [2.05, 4.69) is 36.4 Å². The monoisotopic (exact) mass is 549 g/mol. The molecule has 2 aromatic carbocycles. The number of anilines is 1. The van der Waals surface area contributed by atoms with Crippen LogP contribution in [0, 0.1) is 11.3 Å². The average Bonchev–Trinajstić information content (AvgIpc) is 3.11. The summed E-state index contributed by atoms with van der Waals surface area (Å²) in [5, 5.41) is 26.6. The number of thiocarbonyl (C=S) groups is 1. The van der Waals surface area contributed by atoms with Crippen molar-refractivity contribution in [2.75, 3.05) is 5.32 Å². The van der Waals surface area contributed by atoms with Gasteiger partial charge in [0.25, 0.3) is 0 Å². The van der Waals surface area contributed by atoms with Crippen molar-refractivity contribution in [2.24, 2.45) is 11.3 Å². The highest BCUT2D eigenvalue weighted by molar-refractivity contribution is 7.80. The van der Waals surface area contributed by atoms with Gasteiger partial charge in [-0.2, -0.15) is 0 Å². The predicted molar refractivity (Wildman–Crippen MR) is 156 cm³/mol. The Morgan fingerprint density at radius 3 is 2.36 bits per heavy atom. The van der Waals surface area contributed by atoms with Crippen molar-refractivity contribution in [1.29, 1.82) is 0 Å². The number of nitrogens with zero attached hydrogens (tertiary/aromatic N) is 1. The van der Waals surface area contributed by atoms with Gasteiger partial charge >= 0.3 is 5.97 Å². The molecule has 0 aliphatic rings. The molecule has 0 aliphatic carbocycles. The van der Waals surface area contributed by atoms with Crippen LogP contribution in [0.25, 0.3) is 20.8 Å². The number of carboxylic acid groups (broad SMARTS) is 1. The summed E-state index contributed by atoms with van der Waals surface area (Å²) in [4.78, 5) is 14.9. The number of benzene rings is 2. The summed E-state index contributed by atoms with van der Waals surface area (Å²) in [5.41, 5.74) is 2.25. The zero-order valence-electron chi connectivity index (χ0n) is 21.9. The van der Waals surface area contributed by atoms with Gasteiger partial charge in [0.1, 0.15) is 10.8 Å². The van der Waals surface area contributed by atoms with Crippen molar-refractivity contribution < 1.29 is 15.0 Å². The van der Waals surface area contributed by atoms with Gasteiger partial charge in [-0.25, -0.2) is 4.98 Å². The van der Waals surface area contributed by atoms with Crippen LogP contribution < -0.4 is 10.6 Å². The molecule has 0 radical (unpaired) electrons. The number of fused-ring (bicyclic) bond motifs is 1. The van der Waals surface area contributed by atoms with Gasteiger partial charge in [-0.05, 0) is 75.0 Å². The molecule has 0 saturated heterocycles. The topological polar surface area (TPSA) is 94.5 Å². The van der Waals surface area contributed by atoms with Crippen LogP contribution in [-0.2, 0) is 4.79 Å². The number of nitrogens with one attached hydrogen (secondary N) is 2. The fourth-order valence-electron chi connectivity index (χ4n) is 3.74. The molecule has 0 bridgehead atoms. The highest BCUT2D eigenvalue weighted by Crippen LogP contribution is 2.41. The lowest BCUT2D eigenvalue weighted by Crippen LogP contribution is -2.42. The Morgan fingerprint density at radius 2 is 1.81 bits per heavy atom. The molecule has 0 amide bonds. The van der Waals surface area contributed by atoms with Gasteiger partial charge in [0.05, 0.1) is 20.8 Å². The lowest BCUT2D eigenvalue weighted by molar-refractivity contribution is -0.138. The van der Waals surface area contributed by atoms with Crippen molar-refractivity contribution in [1.82, 2.24) is 10.3 Å². The van der Waals surface area contributed by atoms with Gasteiger partial charge in [-0.3, -0.25) is 4.79 Å². The van der Waals surface area contributed by atoms with Gasteiger partial charge in [0.2, 0.25) is 0 Å².